The fourth-order valence-corrected chi connectivity index (χ4v) is 2.06. The molecular weight excluding hydrogens is 295 g/mol. The number of pyridine rings is 1. The van der Waals surface area contributed by atoms with Gasteiger partial charge < -0.3 is 10.1 Å². The van der Waals surface area contributed by atoms with Crippen LogP contribution in [0, 0.1) is 5.82 Å². The monoisotopic (exact) mass is 304 g/mol. The maximum absolute atomic E-state index is 13.7. The highest BCUT2D eigenvalue weighted by atomic mass is 35.5. The molecule has 2 aromatic heterocycles. The summed E-state index contributed by atoms with van der Waals surface area (Å²) in [6, 6.07) is 6.87. The van der Waals surface area contributed by atoms with Crippen LogP contribution in [0.5, 0.6) is 11.6 Å². The molecule has 0 aliphatic heterocycles. The first-order chi connectivity index (χ1) is 10.2. The summed E-state index contributed by atoms with van der Waals surface area (Å²) in [6.07, 6.45) is 2.65. The Morgan fingerprint density at radius 1 is 1.24 bits per heavy atom. The van der Waals surface area contributed by atoms with Crippen LogP contribution in [-0.4, -0.2) is 22.0 Å². The van der Waals surface area contributed by atoms with Gasteiger partial charge in [0.1, 0.15) is 5.52 Å². The summed E-state index contributed by atoms with van der Waals surface area (Å²) in [6.45, 7) is 0. The van der Waals surface area contributed by atoms with Gasteiger partial charge in [0.25, 0.3) is 5.88 Å². The van der Waals surface area contributed by atoms with Gasteiger partial charge >= 0.3 is 0 Å². The van der Waals surface area contributed by atoms with Gasteiger partial charge in [0.2, 0.25) is 11.8 Å². The fraction of sp³-hybridized carbons (Fsp3) is 0.0714. The van der Waals surface area contributed by atoms with E-state index in [9.17, 15) is 4.39 Å². The van der Waals surface area contributed by atoms with Crippen LogP contribution in [0.25, 0.3) is 10.9 Å². The molecule has 0 aliphatic carbocycles. The number of ether oxygens (including phenoxy) is 1. The van der Waals surface area contributed by atoms with Crippen LogP contribution in [0.15, 0.2) is 36.7 Å². The number of halogens is 2. The van der Waals surface area contributed by atoms with Gasteiger partial charge in [-0.3, -0.25) is 4.98 Å². The highest BCUT2D eigenvalue weighted by Gasteiger charge is 2.13. The Morgan fingerprint density at radius 3 is 2.90 bits per heavy atom. The predicted molar refractivity (Wildman–Crippen MR) is 78.4 cm³/mol. The van der Waals surface area contributed by atoms with Crippen molar-refractivity contribution in [2.45, 2.75) is 0 Å². The van der Waals surface area contributed by atoms with Crippen molar-refractivity contribution in [1.29, 1.82) is 0 Å². The van der Waals surface area contributed by atoms with Crippen molar-refractivity contribution in [1.82, 2.24) is 15.0 Å². The molecule has 3 aromatic rings. The lowest BCUT2D eigenvalue weighted by atomic mass is 10.2. The van der Waals surface area contributed by atoms with Crippen LogP contribution < -0.4 is 10.1 Å². The average Bonchev–Trinajstić information content (AvgIpc) is 2.52. The molecule has 0 saturated carbocycles. The normalized spacial score (nSPS) is 10.6. The van der Waals surface area contributed by atoms with Crippen molar-refractivity contribution >= 4 is 28.5 Å². The van der Waals surface area contributed by atoms with Crippen molar-refractivity contribution < 1.29 is 9.13 Å². The summed E-state index contributed by atoms with van der Waals surface area (Å²) >= 11 is 6.11. The van der Waals surface area contributed by atoms with Crippen molar-refractivity contribution in [2.75, 3.05) is 12.4 Å². The van der Waals surface area contributed by atoms with Gasteiger partial charge in [0.15, 0.2) is 5.75 Å². The minimum atomic E-state index is -0.659. The fourth-order valence-electron chi connectivity index (χ4n) is 1.84. The lowest BCUT2D eigenvalue weighted by Gasteiger charge is -2.09. The second kappa shape index (κ2) is 5.49. The first kappa shape index (κ1) is 13.5. The van der Waals surface area contributed by atoms with Gasteiger partial charge in [-0.2, -0.15) is 9.37 Å². The highest BCUT2D eigenvalue weighted by molar-refractivity contribution is 6.35. The highest BCUT2D eigenvalue weighted by Crippen LogP contribution is 2.32. The minimum absolute atomic E-state index is 0.177. The molecule has 3 rings (SSSR count). The largest absolute Gasteiger partial charge is 0.434 e. The molecular formula is C14H10ClFN4O. The number of nitrogens with zero attached hydrogens (tertiary/aromatic N) is 3. The Morgan fingerprint density at radius 2 is 2.10 bits per heavy atom. The van der Waals surface area contributed by atoms with E-state index in [0.29, 0.717) is 16.3 Å². The van der Waals surface area contributed by atoms with Crippen molar-refractivity contribution in [3.05, 3.63) is 47.5 Å². The van der Waals surface area contributed by atoms with Crippen LogP contribution in [0.1, 0.15) is 0 Å². The lowest BCUT2D eigenvalue weighted by Crippen LogP contribution is -2.00. The molecule has 0 spiro atoms. The number of hydrogen-bond donors (Lipinski definition) is 1. The van der Waals surface area contributed by atoms with E-state index < -0.39 is 5.82 Å². The number of fused-ring (bicyclic) bond motifs is 1. The Bertz CT molecular complexity index is 812. The molecule has 0 fully saturated rings. The molecule has 2 heterocycles. The van der Waals surface area contributed by atoms with Gasteiger partial charge in [-0.15, -0.1) is 0 Å². The third-order valence-electron chi connectivity index (χ3n) is 2.82. The molecule has 5 nitrogen and oxygen atoms in total. The van der Waals surface area contributed by atoms with Crippen molar-refractivity contribution in [3.8, 4) is 11.6 Å². The minimum Gasteiger partial charge on any atom is -0.434 e. The molecule has 7 heteroatoms. The molecule has 21 heavy (non-hydrogen) atoms. The van der Waals surface area contributed by atoms with Gasteiger partial charge in [0, 0.05) is 18.6 Å². The Hall–Kier alpha value is -2.47. The standard InChI is InChI=1S/C14H10ClFN4O/c1-17-14-19-7-10(16)13(20-14)21-11-5-4-9(15)8-3-2-6-18-12(8)11/h2-7H,1H3,(H,17,19,20). The van der Waals surface area contributed by atoms with E-state index in [1.165, 1.54) is 0 Å². The molecule has 0 bridgehead atoms. The molecule has 1 aromatic carbocycles. The topological polar surface area (TPSA) is 59.9 Å². The summed E-state index contributed by atoms with van der Waals surface area (Å²) in [5.41, 5.74) is 0.536. The molecule has 0 unspecified atom stereocenters. The maximum atomic E-state index is 13.7. The predicted octanol–water partition coefficient (Wildman–Crippen LogP) is 3.65. The molecule has 106 valence electrons. The molecule has 0 atom stereocenters. The number of aromatic nitrogens is 3. The summed E-state index contributed by atoms with van der Waals surface area (Å²) < 4.78 is 19.3. The van der Waals surface area contributed by atoms with Gasteiger partial charge in [0.05, 0.1) is 11.2 Å². The number of nitrogens with one attached hydrogen (secondary N) is 1. The Kier molecular flexibility index (Phi) is 3.53. The van der Waals surface area contributed by atoms with Gasteiger partial charge in [-0.25, -0.2) is 4.98 Å². The SMILES string of the molecule is CNc1ncc(F)c(Oc2ccc(Cl)c3cccnc23)n1. The van der Waals surface area contributed by atoms with Crippen LogP contribution in [0.4, 0.5) is 10.3 Å². The van der Waals surface area contributed by atoms with Crippen LogP contribution in [0.2, 0.25) is 5.02 Å². The first-order valence-corrected chi connectivity index (χ1v) is 6.48. The molecule has 0 aliphatic rings. The first-order valence-electron chi connectivity index (χ1n) is 6.10. The maximum Gasteiger partial charge on any atom is 0.260 e. The zero-order chi connectivity index (χ0) is 14.8. The zero-order valence-electron chi connectivity index (χ0n) is 11.0. The van der Waals surface area contributed by atoms with Crippen LogP contribution >= 0.6 is 11.6 Å². The molecule has 0 saturated heterocycles. The van der Waals surface area contributed by atoms with Crippen LogP contribution in [-0.2, 0) is 0 Å². The van der Waals surface area contributed by atoms with E-state index in [2.05, 4.69) is 20.3 Å². The number of rotatable bonds is 3. The lowest BCUT2D eigenvalue weighted by molar-refractivity contribution is 0.424. The molecule has 1 N–H and O–H groups in total. The third-order valence-corrected chi connectivity index (χ3v) is 3.15. The Balaban J connectivity index is 2.08. The average molecular weight is 305 g/mol. The van der Waals surface area contributed by atoms with E-state index in [-0.39, 0.29) is 11.8 Å². The van der Waals surface area contributed by atoms with Crippen molar-refractivity contribution in [3.63, 3.8) is 0 Å². The van der Waals surface area contributed by atoms with E-state index in [1.807, 2.05) is 6.07 Å². The summed E-state index contributed by atoms with van der Waals surface area (Å²) in [5.74, 6) is -0.205. The van der Waals surface area contributed by atoms with E-state index in [0.717, 1.165) is 11.6 Å². The van der Waals surface area contributed by atoms with E-state index in [4.69, 9.17) is 16.3 Å². The quantitative estimate of drug-likeness (QED) is 0.800. The number of anilines is 1. The second-order valence-corrected chi connectivity index (χ2v) is 4.55. The summed E-state index contributed by atoms with van der Waals surface area (Å²) in [4.78, 5) is 11.9. The second-order valence-electron chi connectivity index (χ2n) is 4.14. The van der Waals surface area contributed by atoms with Crippen molar-refractivity contribution in [2.24, 2.45) is 0 Å². The zero-order valence-corrected chi connectivity index (χ0v) is 11.7. The van der Waals surface area contributed by atoms with Gasteiger partial charge in [-0.05, 0) is 24.3 Å². The smallest absolute Gasteiger partial charge is 0.260 e. The van der Waals surface area contributed by atoms with Gasteiger partial charge in [-0.1, -0.05) is 11.6 Å². The molecule has 0 amide bonds. The number of benzene rings is 1. The molecule has 0 radical (unpaired) electrons. The Labute approximate surface area is 124 Å². The van der Waals surface area contributed by atoms with Crippen LogP contribution in [0.3, 0.4) is 0 Å². The summed E-state index contributed by atoms with van der Waals surface area (Å²) in [7, 11) is 1.64. The van der Waals surface area contributed by atoms with E-state index in [1.54, 1.807) is 31.4 Å². The van der Waals surface area contributed by atoms with E-state index >= 15 is 0 Å². The number of hydrogen-bond acceptors (Lipinski definition) is 5. The summed E-state index contributed by atoms with van der Waals surface area (Å²) in [5, 5.41) is 3.99. The third kappa shape index (κ3) is 2.57.